The number of nitrogens with one attached hydrogen (secondary N) is 1. The fraction of sp³-hybridized carbons (Fsp3) is 0.839. The molecule has 2 rings (SSSR count). The largest absolute Gasteiger partial charge is 0.463 e. The van der Waals surface area contributed by atoms with E-state index in [9.17, 15) is 9.59 Å². The molecule has 1 aliphatic heterocycles. The minimum Gasteiger partial charge on any atom is -0.463 e. The van der Waals surface area contributed by atoms with Gasteiger partial charge in [0.05, 0.1) is 24.7 Å². The van der Waals surface area contributed by atoms with Crippen LogP contribution in [0.2, 0.25) is 0 Å². The van der Waals surface area contributed by atoms with Crippen LogP contribution in [0.15, 0.2) is 17.1 Å². The highest BCUT2D eigenvalue weighted by Gasteiger charge is 2.27. The fourth-order valence-corrected chi connectivity index (χ4v) is 5.61. The minimum absolute atomic E-state index is 0.105. The lowest BCUT2D eigenvalue weighted by atomic mass is 10.0. The van der Waals surface area contributed by atoms with Gasteiger partial charge >= 0.3 is 12.1 Å². The lowest BCUT2D eigenvalue weighted by molar-refractivity contribution is -0.692. The average molecular weight is 568 g/mol. The van der Waals surface area contributed by atoms with Crippen molar-refractivity contribution in [1.29, 1.82) is 0 Å². The van der Waals surface area contributed by atoms with Crippen LogP contribution in [0.3, 0.4) is 0 Å². The molecule has 8 heteroatoms. The lowest BCUT2D eigenvalue weighted by Crippen LogP contribution is -2.29. The lowest BCUT2D eigenvalue weighted by Gasteiger charge is -2.11. The van der Waals surface area contributed by atoms with Crippen molar-refractivity contribution in [2.75, 3.05) is 26.4 Å². The molecule has 1 aromatic rings. The van der Waals surface area contributed by atoms with Crippen LogP contribution >= 0.6 is 11.3 Å². The molecule has 0 aromatic carbocycles. The first kappa shape index (κ1) is 33.5. The predicted molar refractivity (Wildman–Crippen MR) is 157 cm³/mol. The Morgan fingerprint density at radius 3 is 2.21 bits per heavy atom. The molecule has 7 nitrogen and oxygen atoms in total. The Bertz CT molecular complexity index is 731. The number of thiazole rings is 1. The van der Waals surface area contributed by atoms with Gasteiger partial charge in [-0.2, -0.15) is 4.57 Å². The summed E-state index contributed by atoms with van der Waals surface area (Å²) in [5.41, 5.74) is 2.10. The molecule has 1 aromatic heterocycles. The van der Waals surface area contributed by atoms with Gasteiger partial charge in [-0.05, 0) is 25.7 Å². The SMILES string of the molecule is CCCCCCCCCCCCCCCNC(=O)OCC1COC(COC(=O)CCCCC[n+]2ccsc2)C1. The topological polar surface area (TPSA) is 77.7 Å². The number of amides is 1. The molecular formula is C31H55N2O5S+. The summed E-state index contributed by atoms with van der Waals surface area (Å²) in [6, 6.07) is 0. The van der Waals surface area contributed by atoms with E-state index in [1.165, 1.54) is 70.6 Å². The van der Waals surface area contributed by atoms with E-state index in [0.29, 0.717) is 26.2 Å². The molecule has 2 unspecified atom stereocenters. The van der Waals surface area contributed by atoms with Gasteiger partial charge in [0.25, 0.3) is 0 Å². The molecule has 1 saturated heterocycles. The van der Waals surface area contributed by atoms with Crippen LogP contribution in [0.5, 0.6) is 0 Å². The Balaban J connectivity index is 1.33. The van der Waals surface area contributed by atoms with Crippen LogP contribution < -0.4 is 9.88 Å². The fourth-order valence-electron chi connectivity index (χ4n) is 4.98. The number of ether oxygens (including phenoxy) is 3. The summed E-state index contributed by atoms with van der Waals surface area (Å²) in [5.74, 6) is -0.000530. The maximum absolute atomic E-state index is 12.0. The second kappa shape index (κ2) is 23.1. The molecule has 1 fully saturated rings. The molecule has 224 valence electrons. The number of rotatable bonds is 24. The van der Waals surface area contributed by atoms with Gasteiger partial charge in [0.2, 0.25) is 5.51 Å². The van der Waals surface area contributed by atoms with Crippen LogP contribution in [0.4, 0.5) is 4.79 Å². The standard InChI is InChI=1S/C31H54N2O5S/c1-2-3-4-5-6-7-8-9-10-11-12-13-16-19-32-31(35)38-25-28-23-29(36-24-28)26-37-30(34)18-15-14-17-20-33-21-22-39-27-33/h21-22,27-29H,2-20,23-26H2,1H3/p+1. The average Bonchev–Trinajstić information content (AvgIpc) is 3.63. The summed E-state index contributed by atoms with van der Waals surface area (Å²) in [6.45, 7) is 5.10. The number of nitrogens with zero attached hydrogens (tertiary/aromatic N) is 1. The molecule has 1 amide bonds. The van der Waals surface area contributed by atoms with Crippen molar-refractivity contribution in [3.8, 4) is 0 Å². The second-order valence-corrected chi connectivity index (χ2v) is 11.8. The van der Waals surface area contributed by atoms with E-state index >= 15 is 0 Å². The van der Waals surface area contributed by atoms with Gasteiger partial charge in [-0.3, -0.25) is 4.79 Å². The zero-order valence-corrected chi connectivity index (χ0v) is 25.4. The highest BCUT2D eigenvalue weighted by atomic mass is 32.1. The zero-order valence-electron chi connectivity index (χ0n) is 24.5. The van der Waals surface area contributed by atoms with Crippen LogP contribution in [-0.2, 0) is 25.5 Å². The van der Waals surface area contributed by atoms with Gasteiger partial charge in [-0.15, -0.1) is 0 Å². The molecule has 1 N–H and O–H groups in total. The third-order valence-electron chi connectivity index (χ3n) is 7.42. The van der Waals surface area contributed by atoms with Gasteiger partial charge in [0.1, 0.15) is 13.2 Å². The van der Waals surface area contributed by atoms with E-state index < -0.39 is 0 Å². The van der Waals surface area contributed by atoms with Crippen LogP contribution in [0, 0.1) is 5.92 Å². The first-order valence-corrected chi connectivity index (χ1v) is 16.7. The number of unbranched alkanes of at least 4 members (excludes halogenated alkanes) is 14. The van der Waals surface area contributed by atoms with E-state index in [-0.39, 0.29) is 30.7 Å². The van der Waals surface area contributed by atoms with Gasteiger partial charge < -0.3 is 19.5 Å². The summed E-state index contributed by atoms with van der Waals surface area (Å²) >= 11 is 1.69. The molecule has 0 saturated carbocycles. The molecule has 0 radical (unpaired) electrons. The van der Waals surface area contributed by atoms with E-state index in [0.717, 1.165) is 45.1 Å². The van der Waals surface area contributed by atoms with Crippen LogP contribution in [0.1, 0.15) is 122 Å². The third kappa shape index (κ3) is 18.3. The quantitative estimate of drug-likeness (QED) is 0.0802. The Morgan fingerprint density at radius 1 is 0.872 bits per heavy atom. The van der Waals surface area contributed by atoms with Gasteiger partial charge in [0.15, 0.2) is 6.20 Å². The third-order valence-corrected chi connectivity index (χ3v) is 8.09. The first-order valence-electron chi connectivity index (χ1n) is 15.8. The molecule has 39 heavy (non-hydrogen) atoms. The van der Waals surface area contributed by atoms with Gasteiger partial charge in [-0.1, -0.05) is 95.3 Å². The number of carbonyl (C=O) groups is 2. The summed E-state index contributed by atoms with van der Waals surface area (Å²) < 4.78 is 18.7. The molecule has 0 spiro atoms. The summed E-state index contributed by atoms with van der Waals surface area (Å²) in [4.78, 5) is 24.0. The van der Waals surface area contributed by atoms with Crippen molar-refractivity contribution in [2.45, 2.75) is 135 Å². The van der Waals surface area contributed by atoms with Crippen molar-refractivity contribution >= 4 is 23.4 Å². The first-order chi connectivity index (χ1) is 19.2. The summed E-state index contributed by atoms with van der Waals surface area (Å²) in [5, 5.41) is 4.93. The molecule has 2 atom stereocenters. The number of hydrogen-bond acceptors (Lipinski definition) is 6. The number of aryl methyl sites for hydroxylation is 1. The van der Waals surface area contributed by atoms with Crippen molar-refractivity contribution in [2.24, 2.45) is 5.92 Å². The van der Waals surface area contributed by atoms with Crippen molar-refractivity contribution in [3.63, 3.8) is 0 Å². The molecule has 0 bridgehead atoms. The Kier molecular flexibility index (Phi) is 19.8. The van der Waals surface area contributed by atoms with E-state index in [2.05, 4.69) is 33.9 Å². The smallest absolute Gasteiger partial charge is 0.407 e. The highest BCUT2D eigenvalue weighted by Crippen LogP contribution is 2.20. The van der Waals surface area contributed by atoms with Gasteiger partial charge in [0, 0.05) is 25.3 Å². The Hall–Kier alpha value is -1.67. The zero-order chi connectivity index (χ0) is 27.8. The maximum atomic E-state index is 12.0. The number of aromatic nitrogens is 1. The van der Waals surface area contributed by atoms with E-state index in [1.807, 2.05) is 0 Å². The van der Waals surface area contributed by atoms with E-state index in [4.69, 9.17) is 14.2 Å². The number of esters is 1. The predicted octanol–water partition coefficient (Wildman–Crippen LogP) is 7.36. The van der Waals surface area contributed by atoms with E-state index in [1.54, 1.807) is 11.3 Å². The van der Waals surface area contributed by atoms with Crippen molar-refractivity contribution in [1.82, 2.24) is 5.32 Å². The highest BCUT2D eigenvalue weighted by molar-refractivity contribution is 7.07. The number of carbonyl (C=O) groups excluding carboxylic acids is 2. The maximum Gasteiger partial charge on any atom is 0.407 e. The normalized spacial score (nSPS) is 16.8. The van der Waals surface area contributed by atoms with Crippen molar-refractivity contribution < 1.29 is 28.4 Å². The van der Waals surface area contributed by atoms with Crippen LogP contribution in [0.25, 0.3) is 0 Å². The summed E-state index contributed by atoms with van der Waals surface area (Å²) in [6.07, 6.45) is 22.9. The molecular weight excluding hydrogens is 512 g/mol. The molecule has 0 aliphatic carbocycles. The Morgan fingerprint density at radius 2 is 1.54 bits per heavy atom. The second-order valence-electron chi connectivity index (χ2n) is 11.1. The monoisotopic (exact) mass is 567 g/mol. The molecule has 1 aliphatic rings. The van der Waals surface area contributed by atoms with Gasteiger partial charge in [-0.25, -0.2) is 4.79 Å². The van der Waals surface area contributed by atoms with Crippen LogP contribution in [-0.4, -0.2) is 44.5 Å². The number of hydrogen-bond donors (Lipinski definition) is 1. The number of alkyl carbamates (subject to hydrolysis) is 1. The minimum atomic E-state index is -0.346. The van der Waals surface area contributed by atoms with Crippen molar-refractivity contribution in [3.05, 3.63) is 17.1 Å². The Labute approximate surface area is 241 Å². The summed E-state index contributed by atoms with van der Waals surface area (Å²) in [7, 11) is 0. The molecule has 2 heterocycles.